The molecule has 4 heterocycles. The van der Waals surface area contributed by atoms with E-state index >= 15 is 0 Å². The van der Waals surface area contributed by atoms with Crippen LogP contribution in [0.3, 0.4) is 0 Å². The van der Waals surface area contributed by atoms with Gasteiger partial charge in [0.1, 0.15) is 13.2 Å². The number of hydrogen-bond acceptors (Lipinski definition) is 1. The third kappa shape index (κ3) is 2.06. The van der Waals surface area contributed by atoms with Crippen molar-refractivity contribution in [1.29, 1.82) is 0 Å². The second kappa shape index (κ2) is 4.08. The van der Waals surface area contributed by atoms with Gasteiger partial charge in [-0.1, -0.05) is 48.0 Å². The molecule has 0 radical (unpaired) electrons. The molecule has 2 atom stereocenters. The second-order valence-electron chi connectivity index (χ2n) is 8.33. The molecular weight excluding hydrogens is 312 g/mol. The van der Waals surface area contributed by atoms with E-state index in [0.717, 1.165) is 0 Å². The molecule has 2 unspecified atom stereocenters. The average Bonchev–Trinajstić information content (AvgIpc) is 2.27. The molecule has 0 N–H and O–H groups in total. The number of hydrogen-bond donors (Lipinski definition) is 0. The molecule has 4 saturated heterocycles. The first kappa shape index (κ1) is 13.3. The molecule has 4 aliphatic heterocycles. The largest absolute Gasteiger partial charge is 0.306 e. The maximum absolute atomic E-state index is 3.74. The Bertz CT molecular complexity index is 538. The first-order chi connectivity index (χ1) is 9.40. The Hall–Kier alpha value is -0.380. The topological polar surface area (TPSA) is 3.24 Å². The Morgan fingerprint density at radius 2 is 1.80 bits per heavy atom. The summed E-state index contributed by atoms with van der Waals surface area (Å²) in [5.41, 5.74) is 2.54. The van der Waals surface area contributed by atoms with Crippen molar-refractivity contribution in [2.75, 3.05) is 32.8 Å². The van der Waals surface area contributed by atoms with Crippen LogP contribution in [0.25, 0.3) is 0 Å². The number of nitrogens with zero attached hydrogens (tertiary/aromatic N) is 2. The SMILES string of the molecule is CC12CN3CC(C)(C1)C[N+](Cc1ccccc1Br)(C3)C2. The van der Waals surface area contributed by atoms with Crippen molar-refractivity contribution < 1.29 is 4.48 Å². The summed E-state index contributed by atoms with van der Waals surface area (Å²) < 4.78 is 2.55. The van der Waals surface area contributed by atoms with E-state index in [2.05, 4.69) is 58.9 Å². The zero-order valence-electron chi connectivity index (χ0n) is 12.5. The standard InChI is InChI=1S/C17H24BrN2/c1-16-8-17(2)10-19(9-16)13-20(11-16,12-17)7-14-5-3-4-6-15(14)18/h3-6H,7-13H2,1-2H3/q+1. The molecule has 4 fully saturated rings. The van der Waals surface area contributed by atoms with Crippen molar-refractivity contribution in [2.24, 2.45) is 10.8 Å². The maximum Gasteiger partial charge on any atom is 0.135 e. The molecule has 0 saturated carbocycles. The predicted molar refractivity (Wildman–Crippen MR) is 85.1 cm³/mol. The fraction of sp³-hybridized carbons (Fsp3) is 0.647. The molecule has 0 aromatic heterocycles. The Morgan fingerprint density at radius 3 is 2.40 bits per heavy atom. The first-order valence-corrected chi connectivity index (χ1v) is 8.50. The number of rotatable bonds is 2. The molecular formula is C17H24BrN2+. The molecule has 4 bridgehead atoms. The van der Waals surface area contributed by atoms with Gasteiger partial charge in [0.05, 0.1) is 13.1 Å². The van der Waals surface area contributed by atoms with Crippen molar-refractivity contribution >= 4 is 15.9 Å². The van der Waals surface area contributed by atoms with E-state index in [4.69, 9.17) is 0 Å². The van der Waals surface area contributed by atoms with Gasteiger partial charge in [0, 0.05) is 34.0 Å². The highest BCUT2D eigenvalue weighted by Gasteiger charge is 2.60. The Balaban J connectivity index is 1.69. The molecule has 1 aromatic rings. The van der Waals surface area contributed by atoms with Crippen molar-refractivity contribution in [3.05, 3.63) is 34.3 Å². The van der Waals surface area contributed by atoms with Crippen LogP contribution in [0.15, 0.2) is 28.7 Å². The lowest BCUT2D eigenvalue weighted by molar-refractivity contribution is -0.981. The quantitative estimate of drug-likeness (QED) is 0.748. The smallest absolute Gasteiger partial charge is 0.135 e. The summed E-state index contributed by atoms with van der Waals surface area (Å²) in [6, 6.07) is 8.77. The minimum atomic E-state index is 0.532. The Kier molecular flexibility index (Phi) is 2.72. The summed E-state index contributed by atoms with van der Waals surface area (Å²) >= 11 is 3.74. The number of quaternary nitrogens is 1. The van der Waals surface area contributed by atoms with Crippen LogP contribution in [-0.2, 0) is 6.54 Å². The molecule has 0 aliphatic carbocycles. The Labute approximate surface area is 130 Å². The van der Waals surface area contributed by atoms with E-state index in [9.17, 15) is 0 Å². The Morgan fingerprint density at radius 1 is 1.15 bits per heavy atom. The third-order valence-corrected chi connectivity index (χ3v) is 6.24. The van der Waals surface area contributed by atoms with Gasteiger partial charge in [0.2, 0.25) is 0 Å². The van der Waals surface area contributed by atoms with Gasteiger partial charge in [-0.2, -0.15) is 0 Å². The summed E-state index contributed by atoms with van der Waals surface area (Å²) in [7, 11) is 0. The summed E-state index contributed by atoms with van der Waals surface area (Å²) in [5, 5.41) is 0. The summed E-state index contributed by atoms with van der Waals surface area (Å²) in [6.07, 6.45) is 1.42. The lowest BCUT2D eigenvalue weighted by atomic mass is 9.63. The van der Waals surface area contributed by atoms with E-state index in [1.165, 1.54) is 60.3 Å². The van der Waals surface area contributed by atoms with E-state index in [1.54, 1.807) is 0 Å². The molecule has 5 rings (SSSR count). The van der Waals surface area contributed by atoms with Gasteiger partial charge in [-0.05, 0) is 12.5 Å². The van der Waals surface area contributed by atoms with Gasteiger partial charge in [-0.3, -0.25) is 4.90 Å². The van der Waals surface area contributed by atoms with Gasteiger partial charge in [-0.25, -0.2) is 0 Å². The van der Waals surface area contributed by atoms with Crippen molar-refractivity contribution in [3.8, 4) is 0 Å². The lowest BCUT2D eigenvalue weighted by Gasteiger charge is -2.66. The van der Waals surface area contributed by atoms with Crippen molar-refractivity contribution in [1.82, 2.24) is 4.90 Å². The summed E-state index contributed by atoms with van der Waals surface area (Å²) in [5.74, 6) is 0. The zero-order chi connectivity index (χ0) is 14.0. The lowest BCUT2D eigenvalue weighted by Crippen LogP contribution is -2.77. The van der Waals surface area contributed by atoms with Crippen LogP contribution in [0.5, 0.6) is 0 Å². The van der Waals surface area contributed by atoms with Crippen LogP contribution < -0.4 is 0 Å². The minimum Gasteiger partial charge on any atom is -0.306 e. The molecule has 0 amide bonds. The maximum atomic E-state index is 3.74. The number of piperidine rings is 2. The minimum absolute atomic E-state index is 0.532. The monoisotopic (exact) mass is 335 g/mol. The number of halogens is 1. The molecule has 20 heavy (non-hydrogen) atoms. The van der Waals surface area contributed by atoms with Crippen LogP contribution in [-0.4, -0.2) is 42.2 Å². The van der Waals surface area contributed by atoms with E-state index < -0.39 is 0 Å². The molecule has 2 nitrogen and oxygen atoms in total. The van der Waals surface area contributed by atoms with Crippen LogP contribution >= 0.6 is 15.9 Å². The highest BCUT2D eigenvalue weighted by Crippen LogP contribution is 2.52. The first-order valence-electron chi connectivity index (χ1n) is 7.70. The summed E-state index contributed by atoms with van der Waals surface area (Å²) in [6.45, 7) is 12.8. The molecule has 3 heteroatoms. The van der Waals surface area contributed by atoms with Gasteiger partial charge in [0.25, 0.3) is 0 Å². The predicted octanol–water partition coefficient (Wildman–Crippen LogP) is 3.47. The fourth-order valence-electron chi connectivity index (χ4n) is 5.94. The second-order valence-corrected chi connectivity index (χ2v) is 9.19. The van der Waals surface area contributed by atoms with Gasteiger partial charge in [-0.15, -0.1) is 0 Å². The molecule has 108 valence electrons. The summed E-state index contributed by atoms with van der Waals surface area (Å²) in [4.78, 5) is 2.73. The normalized spacial score (nSPS) is 45.9. The van der Waals surface area contributed by atoms with E-state index in [1.807, 2.05) is 0 Å². The number of benzene rings is 1. The molecule has 1 aromatic carbocycles. The van der Waals surface area contributed by atoms with Crippen LogP contribution in [0.1, 0.15) is 25.8 Å². The molecule has 0 spiro atoms. The van der Waals surface area contributed by atoms with Gasteiger partial charge >= 0.3 is 0 Å². The van der Waals surface area contributed by atoms with Gasteiger partial charge in [0.15, 0.2) is 0 Å². The fourth-order valence-corrected chi connectivity index (χ4v) is 6.35. The van der Waals surface area contributed by atoms with Crippen molar-refractivity contribution in [3.63, 3.8) is 0 Å². The third-order valence-electron chi connectivity index (χ3n) is 5.46. The average molecular weight is 336 g/mol. The van der Waals surface area contributed by atoms with Crippen LogP contribution in [0, 0.1) is 10.8 Å². The van der Waals surface area contributed by atoms with Crippen molar-refractivity contribution in [2.45, 2.75) is 26.8 Å². The zero-order valence-corrected chi connectivity index (χ0v) is 14.1. The van der Waals surface area contributed by atoms with Crippen LogP contribution in [0.2, 0.25) is 0 Å². The van der Waals surface area contributed by atoms with E-state index in [0.29, 0.717) is 10.8 Å². The van der Waals surface area contributed by atoms with Gasteiger partial charge < -0.3 is 4.48 Å². The highest BCUT2D eigenvalue weighted by molar-refractivity contribution is 9.10. The van der Waals surface area contributed by atoms with Crippen LogP contribution in [0.4, 0.5) is 0 Å². The van der Waals surface area contributed by atoms with E-state index in [-0.39, 0.29) is 0 Å². The highest BCUT2D eigenvalue weighted by atomic mass is 79.9. The molecule has 4 aliphatic rings.